The number of nitrogens with zero attached hydrogens (tertiary/aromatic N) is 8. The smallest absolute Gasteiger partial charge is 0.341 e. The second-order valence-electron chi connectivity index (χ2n) is 11.9. The number of hydrogen-bond donors (Lipinski definition) is 2. The maximum Gasteiger partial charge on any atom is 0.341 e. The number of anilines is 2. The zero-order valence-corrected chi connectivity index (χ0v) is 27.3. The maximum absolute atomic E-state index is 14.2. The summed E-state index contributed by atoms with van der Waals surface area (Å²) >= 11 is 0. The van der Waals surface area contributed by atoms with Crippen molar-refractivity contribution in [2.24, 2.45) is 5.73 Å². The highest BCUT2D eigenvalue weighted by Crippen LogP contribution is 2.38. The van der Waals surface area contributed by atoms with Crippen LogP contribution in [0, 0.1) is 23.3 Å². The molecule has 0 aliphatic carbocycles. The Labute approximate surface area is 294 Å². The lowest BCUT2D eigenvalue weighted by atomic mass is 10.0. The zero-order valence-electron chi connectivity index (χ0n) is 28.3. The van der Waals surface area contributed by atoms with E-state index in [-0.39, 0.29) is 34.4 Å². The Kier molecular flexibility index (Phi) is 9.90. The Morgan fingerprint density at radius 2 is 1.21 bits per heavy atom. The van der Waals surface area contributed by atoms with Gasteiger partial charge in [0.2, 0.25) is 0 Å². The minimum Gasteiger partial charge on any atom is -0.477 e. The summed E-state index contributed by atoms with van der Waals surface area (Å²) in [6.07, 6.45) is 8.87. The number of fused-ring (bicyclic) bond motifs is 2. The first-order valence-corrected chi connectivity index (χ1v) is 16.0. The summed E-state index contributed by atoms with van der Waals surface area (Å²) in [5.74, 6) is -2.52. The zero-order chi connectivity index (χ0) is 37.8. The van der Waals surface area contributed by atoms with Crippen LogP contribution in [0.15, 0.2) is 73.3 Å². The monoisotopic (exact) mass is 722 g/mol. The molecule has 2 saturated heterocycles. The lowest BCUT2D eigenvalue weighted by molar-refractivity contribution is 0.0698. The molecule has 0 spiro atoms. The number of aromatic carboxylic acids is 1. The summed E-state index contributed by atoms with van der Waals surface area (Å²) in [6.45, 7) is 1.28. The molecule has 2 atom stereocenters. The van der Waals surface area contributed by atoms with E-state index in [1.807, 2.05) is 9.80 Å². The molecule has 17 heteroatoms. The molecule has 0 saturated carbocycles. The number of carbonyl (C=O) groups is 2. The van der Waals surface area contributed by atoms with E-state index in [1.165, 1.54) is 33.6 Å². The van der Waals surface area contributed by atoms with Crippen molar-refractivity contribution in [3.63, 3.8) is 0 Å². The number of carboxylic acids is 1. The average molecular weight is 723 g/mol. The van der Waals surface area contributed by atoms with Crippen LogP contribution in [0.5, 0.6) is 0 Å². The van der Waals surface area contributed by atoms with E-state index < -0.39 is 42.3 Å². The Morgan fingerprint density at radius 1 is 0.769 bits per heavy atom. The Bertz CT molecular complexity index is 2130. The average Bonchev–Trinajstić information content (AvgIpc) is 3.96. The van der Waals surface area contributed by atoms with Crippen LogP contribution < -0.4 is 15.5 Å². The molecule has 12 nitrogen and oxygen atoms in total. The molecule has 2 aromatic carbocycles. The van der Waals surface area contributed by atoms with Crippen molar-refractivity contribution in [2.75, 3.05) is 30.0 Å². The second-order valence-corrected chi connectivity index (χ2v) is 11.9. The second kappa shape index (κ2) is 15.0. The van der Waals surface area contributed by atoms with Crippen molar-refractivity contribution in [3.05, 3.63) is 119 Å². The fourth-order valence-corrected chi connectivity index (χ4v) is 6.63. The van der Waals surface area contributed by atoms with E-state index in [4.69, 9.17) is 7.10 Å². The number of carboxylic acid groups (broad SMARTS) is 1. The quantitative estimate of drug-likeness (QED) is 0.195. The molecule has 8 rings (SSSR count). The molecule has 1 amide bonds. The van der Waals surface area contributed by atoms with Crippen LogP contribution in [0.4, 0.5) is 33.6 Å². The fraction of sp³-hybridized carbons (Fsp3) is 0.257. The topological polar surface area (TPSA) is 147 Å². The third-order valence-corrected chi connectivity index (χ3v) is 8.93. The van der Waals surface area contributed by atoms with Crippen LogP contribution in [0.2, 0.25) is 0 Å². The molecule has 0 bridgehead atoms. The Morgan fingerprint density at radius 3 is 1.65 bits per heavy atom. The van der Waals surface area contributed by atoms with Gasteiger partial charge in [0.25, 0.3) is 5.91 Å². The first-order chi connectivity index (χ1) is 25.5. The van der Waals surface area contributed by atoms with Gasteiger partial charge in [0.15, 0.2) is 11.3 Å². The summed E-state index contributed by atoms with van der Waals surface area (Å²) in [5.41, 5.74) is 6.71. The molecular weight excluding hydrogens is 689 g/mol. The van der Waals surface area contributed by atoms with Crippen molar-refractivity contribution in [3.8, 4) is 0 Å². The van der Waals surface area contributed by atoms with Crippen molar-refractivity contribution in [1.82, 2.24) is 29.2 Å². The highest BCUT2D eigenvalue weighted by Gasteiger charge is 2.31. The third-order valence-electron chi connectivity index (χ3n) is 8.93. The van der Waals surface area contributed by atoms with Gasteiger partial charge in [0, 0.05) is 36.6 Å². The first kappa shape index (κ1) is 34.3. The van der Waals surface area contributed by atoms with Crippen molar-refractivity contribution >= 4 is 34.8 Å². The predicted octanol–water partition coefficient (Wildman–Crippen LogP) is 6.08. The summed E-state index contributed by atoms with van der Waals surface area (Å²) < 4.78 is 73.8. The van der Waals surface area contributed by atoms with Crippen LogP contribution in [-0.4, -0.2) is 66.4 Å². The number of alkyl halides is 1. The third kappa shape index (κ3) is 6.93. The van der Waals surface area contributed by atoms with Crippen LogP contribution in [-0.2, 0) is 0 Å². The molecule has 6 heterocycles. The van der Waals surface area contributed by atoms with E-state index in [0.717, 1.165) is 37.1 Å². The summed E-state index contributed by atoms with van der Waals surface area (Å²) in [7, 11) is -1.00. The molecule has 4 aromatic heterocycles. The number of carbonyl (C=O) groups excluding carboxylic acids is 1. The van der Waals surface area contributed by atoms with Gasteiger partial charge < -0.3 is 20.6 Å². The van der Waals surface area contributed by atoms with Crippen LogP contribution >= 0.6 is 0 Å². The predicted molar refractivity (Wildman–Crippen MR) is 180 cm³/mol. The minimum absolute atomic E-state index is 0.00506. The van der Waals surface area contributed by atoms with Gasteiger partial charge in [-0.3, -0.25) is 9.18 Å². The molecule has 270 valence electrons. The van der Waals surface area contributed by atoms with E-state index >= 15 is 0 Å². The van der Waals surface area contributed by atoms with E-state index in [0.29, 0.717) is 48.8 Å². The summed E-state index contributed by atoms with van der Waals surface area (Å²) in [6, 6.07) is 9.66. The van der Waals surface area contributed by atoms with Crippen LogP contribution in [0.3, 0.4) is 0 Å². The van der Waals surface area contributed by atoms with Crippen LogP contribution in [0.1, 0.15) is 71.0 Å². The highest BCUT2D eigenvalue weighted by atomic mass is 19.1. The van der Waals surface area contributed by atoms with Crippen molar-refractivity contribution in [1.29, 1.82) is 0 Å². The van der Waals surface area contributed by atoms with E-state index in [2.05, 4.69) is 20.2 Å². The number of rotatable bonds is 6. The Balaban J connectivity index is 0.000000169. The van der Waals surface area contributed by atoms with Gasteiger partial charge >= 0.3 is 5.97 Å². The molecule has 3 N–H and O–H groups in total. The SMILES string of the molecule is NC(=O)c1cnn2ccc(N3CCC[C@@H]3c3cc(F)ccc3F)nc12.O=C(O)c1cnn2ccc(N3CCC[C@@H]3c3cc(F)ccc3F)nc12.[2H]CF. The minimum atomic E-state index is -1.12. The van der Waals surface area contributed by atoms with Gasteiger partial charge in [0.05, 0.1) is 33.0 Å². The Hall–Kier alpha value is -6.13. The standard InChI is InChI=1S/C17H15F2N5O.C17H14F2N4O2.CH3F/c18-10-3-4-13(19)11(8-10)14-2-1-6-23(14)15-5-7-24-17(22-15)12(9-21-24)16(20)25;18-10-3-4-13(19)11(8-10)14-2-1-6-22(14)15-5-7-23-16(21-15)12(9-20-23)17(24)25;1-2/h3-5,7-9,14H,1-2,6H2,(H2,20,25);3-5,7-9,14H,1-2,6H2,(H,24,25);1H3/t2*14-;/m11./s1/i;;1D. The molecule has 2 aliphatic heterocycles. The molecule has 0 unspecified atom stereocenters. The lowest BCUT2D eigenvalue weighted by Crippen LogP contribution is -2.24. The summed E-state index contributed by atoms with van der Waals surface area (Å²) in [4.78, 5) is 35.4. The number of benzene rings is 2. The number of amides is 1. The fourth-order valence-electron chi connectivity index (χ4n) is 6.63. The van der Waals surface area contributed by atoms with Gasteiger partial charge in [0.1, 0.15) is 46.0 Å². The summed E-state index contributed by atoms with van der Waals surface area (Å²) in [5, 5.41) is 17.2. The van der Waals surface area contributed by atoms with Gasteiger partial charge in [-0.2, -0.15) is 10.2 Å². The number of aromatic nitrogens is 6. The van der Waals surface area contributed by atoms with Gasteiger partial charge in [-0.05, 0) is 74.2 Å². The normalized spacial score (nSPS) is 17.1. The van der Waals surface area contributed by atoms with Crippen LogP contribution in [0.25, 0.3) is 11.3 Å². The van der Waals surface area contributed by atoms with E-state index in [1.54, 1.807) is 24.5 Å². The molecule has 2 fully saturated rings. The van der Waals surface area contributed by atoms with Crippen molar-refractivity contribution < 1.29 is 38.0 Å². The van der Waals surface area contributed by atoms with Crippen molar-refractivity contribution in [2.45, 2.75) is 37.8 Å². The number of hydrogen-bond acceptors (Lipinski definition) is 8. The van der Waals surface area contributed by atoms with Gasteiger partial charge in [-0.25, -0.2) is 41.4 Å². The molecule has 0 radical (unpaired) electrons. The maximum atomic E-state index is 14.2. The molecule has 6 aromatic rings. The largest absolute Gasteiger partial charge is 0.477 e. The first-order valence-electron chi connectivity index (χ1n) is 16.7. The molecular formula is C35H32F5N9O3. The molecule has 52 heavy (non-hydrogen) atoms. The lowest BCUT2D eigenvalue weighted by Gasteiger charge is -2.26. The number of halogens is 5. The van der Waals surface area contributed by atoms with E-state index in [9.17, 15) is 36.6 Å². The van der Waals surface area contributed by atoms with Gasteiger partial charge in [-0.15, -0.1) is 0 Å². The number of primary amides is 1. The number of nitrogens with two attached hydrogens (primary N) is 1. The van der Waals surface area contributed by atoms with Gasteiger partial charge in [-0.1, -0.05) is 0 Å². The highest BCUT2D eigenvalue weighted by molar-refractivity contribution is 5.98. The molecule has 2 aliphatic rings.